The molecule has 0 fully saturated rings. The maximum atomic E-state index is 2.29. The molecule has 0 nitrogen and oxygen atoms in total. The van der Waals surface area contributed by atoms with Gasteiger partial charge in [-0.1, -0.05) is 0 Å². The van der Waals surface area contributed by atoms with Gasteiger partial charge >= 0.3 is 91.7 Å². The Hall–Kier alpha value is 0.799. The maximum absolute atomic E-state index is 2.29. The van der Waals surface area contributed by atoms with Gasteiger partial charge in [-0.2, -0.15) is 0 Å². The van der Waals surface area contributed by atoms with Crippen LogP contribution >= 0.6 is 0 Å². The van der Waals surface area contributed by atoms with Crippen molar-refractivity contribution in [3.63, 3.8) is 0 Å². The van der Waals surface area contributed by atoms with Crippen LogP contribution in [-0.2, 0) is 0 Å². The third-order valence-electron chi connectivity index (χ3n) is 2.36. The topological polar surface area (TPSA) is 0 Å². The van der Waals surface area contributed by atoms with Crippen molar-refractivity contribution in [3.05, 3.63) is 0 Å². The Morgan fingerprint density at radius 1 is 0.833 bits per heavy atom. The summed E-state index contributed by atoms with van der Waals surface area (Å²) in [7, 11) is 0. The van der Waals surface area contributed by atoms with Crippen molar-refractivity contribution < 1.29 is 0 Å². The summed E-state index contributed by atoms with van der Waals surface area (Å²) < 4.78 is 1.11. The monoisotopic (exact) mass is 276 g/mol. The Morgan fingerprint density at radius 3 is 1.58 bits per heavy atom. The van der Waals surface area contributed by atoms with E-state index in [1.165, 1.54) is 73.9 Å². The molecule has 0 N–H and O–H groups in total. The SMILES string of the molecule is CCCCC[CH]([SnH])CCCCC. The van der Waals surface area contributed by atoms with Gasteiger partial charge in [0, 0.05) is 0 Å². The van der Waals surface area contributed by atoms with Crippen molar-refractivity contribution in [2.75, 3.05) is 0 Å². The minimum atomic E-state index is 1.11. The fourth-order valence-corrected chi connectivity index (χ4v) is 2.80. The van der Waals surface area contributed by atoms with E-state index in [1.54, 1.807) is 0 Å². The van der Waals surface area contributed by atoms with E-state index in [0.717, 1.165) is 3.93 Å². The Bertz CT molecular complexity index is 71.1. The molecule has 2 radical (unpaired) electrons. The molecule has 0 saturated carbocycles. The van der Waals surface area contributed by atoms with Gasteiger partial charge in [0.05, 0.1) is 0 Å². The zero-order valence-corrected chi connectivity index (χ0v) is 12.1. The summed E-state index contributed by atoms with van der Waals surface area (Å²) in [5.41, 5.74) is 0. The van der Waals surface area contributed by atoms with Crippen molar-refractivity contribution in [2.24, 2.45) is 0 Å². The first-order chi connectivity index (χ1) is 5.81. The van der Waals surface area contributed by atoms with Crippen molar-refractivity contribution >= 4 is 22.5 Å². The van der Waals surface area contributed by atoms with Crippen molar-refractivity contribution in [3.8, 4) is 0 Å². The first-order valence-electron chi connectivity index (χ1n) is 5.56. The summed E-state index contributed by atoms with van der Waals surface area (Å²) in [4.78, 5) is 0. The van der Waals surface area contributed by atoms with Crippen LogP contribution in [0.5, 0.6) is 0 Å². The summed E-state index contributed by atoms with van der Waals surface area (Å²) in [5, 5.41) is 0. The van der Waals surface area contributed by atoms with E-state index in [-0.39, 0.29) is 0 Å². The molecule has 0 aromatic heterocycles. The van der Waals surface area contributed by atoms with Gasteiger partial charge in [0.15, 0.2) is 0 Å². The molecule has 0 saturated heterocycles. The fourth-order valence-electron chi connectivity index (χ4n) is 1.46. The Morgan fingerprint density at radius 2 is 1.25 bits per heavy atom. The molecule has 0 rings (SSSR count). The van der Waals surface area contributed by atoms with E-state index in [2.05, 4.69) is 13.8 Å². The van der Waals surface area contributed by atoms with E-state index < -0.39 is 0 Å². The molecule has 12 heavy (non-hydrogen) atoms. The summed E-state index contributed by atoms with van der Waals surface area (Å²) in [6.45, 7) is 4.58. The quantitative estimate of drug-likeness (QED) is 0.466. The van der Waals surface area contributed by atoms with Gasteiger partial charge in [0.2, 0.25) is 0 Å². The van der Waals surface area contributed by atoms with Crippen LogP contribution in [0.25, 0.3) is 0 Å². The van der Waals surface area contributed by atoms with E-state index in [4.69, 9.17) is 0 Å². The van der Waals surface area contributed by atoms with Crippen LogP contribution in [0.15, 0.2) is 0 Å². The van der Waals surface area contributed by atoms with Gasteiger partial charge in [-0.25, -0.2) is 0 Å². The van der Waals surface area contributed by atoms with Gasteiger partial charge in [0.1, 0.15) is 0 Å². The summed E-state index contributed by atoms with van der Waals surface area (Å²) in [6.07, 6.45) is 11.6. The van der Waals surface area contributed by atoms with Crippen molar-refractivity contribution in [1.29, 1.82) is 0 Å². The average molecular weight is 275 g/mol. The molecular weight excluding hydrogens is 251 g/mol. The molecule has 1 heteroatoms. The van der Waals surface area contributed by atoms with Crippen LogP contribution in [0.1, 0.15) is 65.2 Å². The normalized spacial score (nSPS) is 11.0. The number of hydrogen-bond acceptors (Lipinski definition) is 0. The zero-order chi connectivity index (χ0) is 9.23. The zero-order valence-electron chi connectivity index (χ0n) is 8.81. The van der Waals surface area contributed by atoms with Crippen molar-refractivity contribution in [1.82, 2.24) is 0 Å². The second kappa shape index (κ2) is 9.88. The summed E-state index contributed by atoms with van der Waals surface area (Å²) in [6, 6.07) is 0. The van der Waals surface area contributed by atoms with E-state index in [1.807, 2.05) is 0 Å². The fraction of sp³-hybridized carbons (Fsp3) is 1.00. The molecule has 0 aliphatic heterocycles. The van der Waals surface area contributed by atoms with Crippen molar-refractivity contribution in [2.45, 2.75) is 69.1 Å². The van der Waals surface area contributed by atoms with E-state index >= 15 is 0 Å². The molecule has 0 aromatic rings. The van der Waals surface area contributed by atoms with Gasteiger partial charge in [0.25, 0.3) is 0 Å². The molecule has 0 aliphatic carbocycles. The second-order valence-electron chi connectivity index (χ2n) is 3.75. The van der Waals surface area contributed by atoms with E-state index in [0.29, 0.717) is 0 Å². The predicted octanol–water partition coefficient (Wildman–Crippen LogP) is 3.84. The van der Waals surface area contributed by atoms with Crippen LogP contribution in [0, 0.1) is 0 Å². The van der Waals surface area contributed by atoms with Crippen LogP contribution < -0.4 is 0 Å². The standard InChI is InChI=1S/C11H23.Sn.H/c1-3-5-7-9-11-10-8-6-4-2;;/h11H,3-10H2,1-2H3;;. The van der Waals surface area contributed by atoms with Crippen LogP contribution in [-0.4, -0.2) is 22.5 Å². The van der Waals surface area contributed by atoms with E-state index in [9.17, 15) is 0 Å². The minimum absolute atomic E-state index is 1.11. The number of hydrogen-bond donors (Lipinski definition) is 0. The molecule has 0 unspecified atom stereocenters. The Balaban J connectivity index is 3.04. The molecule has 0 atom stereocenters. The van der Waals surface area contributed by atoms with Crippen LogP contribution in [0.4, 0.5) is 0 Å². The third-order valence-corrected chi connectivity index (χ3v) is 4.26. The summed E-state index contributed by atoms with van der Waals surface area (Å²) >= 11 is 1.49. The molecule has 0 amide bonds. The first-order valence-corrected chi connectivity index (χ1v) is 7.47. The van der Waals surface area contributed by atoms with Gasteiger partial charge in [-0.3, -0.25) is 0 Å². The first kappa shape index (κ1) is 12.8. The van der Waals surface area contributed by atoms with Gasteiger partial charge < -0.3 is 0 Å². The molecule has 0 spiro atoms. The molecule has 72 valence electrons. The van der Waals surface area contributed by atoms with Crippen LogP contribution in [0.2, 0.25) is 3.93 Å². The number of rotatable bonds is 8. The summed E-state index contributed by atoms with van der Waals surface area (Å²) in [5.74, 6) is 0. The number of unbranched alkanes of at least 4 members (excludes halogenated alkanes) is 4. The third kappa shape index (κ3) is 8.89. The van der Waals surface area contributed by atoms with Crippen LogP contribution in [0.3, 0.4) is 0 Å². The second-order valence-corrected chi connectivity index (χ2v) is 6.44. The Labute approximate surface area is 91.6 Å². The predicted molar refractivity (Wildman–Crippen MR) is 59.2 cm³/mol. The van der Waals surface area contributed by atoms with Gasteiger partial charge in [-0.15, -0.1) is 0 Å². The molecular formula is C11H24Sn. The molecule has 0 bridgehead atoms. The Kier molecular flexibility index (Phi) is 10.5. The average Bonchev–Trinajstić information content (AvgIpc) is 2.06. The molecule has 0 aromatic carbocycles. The van der Waals surface area contributed by atoms with Gasteiger partial charge in [-0.05, 0) is 0 Å². The molecule has 0 aliphatic rings. The molecule has 0 heterocycles.